The first-order chi connectivity index (χ1) is 12.3. The third-order valence-electron chi connectivity index (χ3n) is 6.81. The van der Waals surface area contributed by atoms with Gasteiger partial charge in [0.2, 0.25) is 0 Å². The van der Waals surface area contributed by atoms with Gasteiger partial charge in [0.05, 0.1) is 0 Å². The zero-order valence-corrected chi connectivity index (χ0v) is 19.6. The van der Waals surface area contributed by atoms with Crippen LogP contribution in [0.4, 0.5) is 0 Å². The van der Waals surface area contributed by atoms with Crippen molar-refractivity contribution in [3.63, 3.8) is 0 Å². The number of hydrogen-bond acceptors (Lipinski definition) is 1. The van der Waals surface area contributed by atoms with E-state index in [9.17, 15) is 0 Å². The van der Waals surface area contributed by atoms with E-state index in [1.165, 1.54) is 12.0 Å². The van der Waals surface area contributed by atoms with Gasteiger partial charge in [-0.05, 0) is 67.8 Å². The minimum absolute atomic E-state index is 0.312. The van der Waals surface area contributed by atoms with Crippen molar-refractivity contribution in [2.45, 2.75) is 81.2 Å². The van der Waals surface area contributed by atoms with Gasteiger partial charge in [0.1, 0.15) is 0 Å². The van der Waals surface area contributed by atoms with E-state index in [0.29, 0.717) is 35.1 Å². The largest absolute Gasteiger partial charge is 0.349 e. The molecule has 0 bridgehead atoms. The second-order valence-corrected chi connectivity index (χ2v) is 10.5. The van der Waals surface area contributed by atoms with E-state index in [-0.39, 0.29) is 0 Å². The Morgan fingerprint density at radius 1 is 1.07 bits per heavy atom. The molecule has 6 unspecified atom stereocenters. The molecule has 0 radical (unpaired) electrons. The van der Waals surface area contributed by atoms with E-state index in [2.05, 4.69) is 92.3 Å². The summed E-state index contributed by atoms with van der Waals surface area (Å²) in [6.45, 7) is 33.5. The fourth-order valence-corrected chi connectivity index (χ4v) is 4.82. The van der Waals surface area contributed by atoms with Crippen molar-refractivity contribution in [2.24, 2.45) is 35.0 Å². The van der Waals surface area contributed by atoms with Crippen LogP contribution in [0.15, 0.2) is 48.9 Å². The predicted molar refractivity (Wildman–Crippen MR) is 122 cm³/mol. The Balaban J connectivity index is 2.97. The maximum Gasteiger partial charge on any atom is 0.0363 e. The lowest BCUT2D eigenvalue weighted by Crippen LogP contribution is -2.32. The van der Waals surface area contributed by atoms with Crippen molar-refractivity contribution < 1.29 is 0 Å². The van der Waals surface area contributed by atoms with Gasteiger partial charge in [-0.15, -0.1) is 0 Å². The van der Waals surface area contributed by atoms with Gasteiger partial charge in [-0.1, -0.05) is 79.3 Å². The van der Waals surface area contributed by atoms with E-state index in [1.54, 1.807) is 0 Å². The van der Waals surface area contributed by atoms with Gasteiger partial charge in [0.25, 0.3) is 0 Å². The molecule has 0 saturated heterocycles. The van der Waals surface area contributed by atoms with Gasteiger partial charge in [-0.3, -0.25) is 0 Å². The van der Waals surface area contributed by atoms with E-state index in [1.807, 2.05) is 6.92 Å². The zero-order valence-electron chi connectivity index (χ0n) is 19.6. The molecule has 0 N–H and O–H groups in total. The van der Waals surface area contributed by atoms with E-state index >= 15 is 0 Å². The molecule has 1 saturated carbocycles. The molecule has 0 amide bonds. The van der Waals surface area contributed by atoms with Gasteiger partial charge in [0, 0.05) is 17.9 Å². The zero-order chi connectivity index (χ0) is 21.1. The molecule has 0 aliphatic heterocycles. The molecule has 0 aromatic heterocycles. The summed E-state index contributed by atoms with van der Waals surface area (Å²) < 4.78 is 0. The Hall–Kier alpha value is -1.24. The van der Waals surface area contributed by atoms with Gasteiger partial charge >= 0.3 is 0 Å². The van der Waals surface area contributed by atoms with Gasteiger partial charge < -0.3 is 4.90 Å². The monoisotopic (exact) mass is 371 g/mol. The highest BCUT2D eigenvalue weighted by Crippen LogP contribution is 2.47. The summed E-state index contributed by atoms with van der Waals surface area (Å²) in [5.74, 6) is 3.28. The Kier molecular flexibility index (Phi) is 8.20. The van der Waals surface area contributed by atoms with Crippen LogP contribution in [0.5, 0.6) is 0 Å². The molecule has 1 nitrogen and oxygen atoms in total. The standard InChI is InChI=1S/C26H45N/c1-17(2)13-14-27(18(3)4)25-15-24(22(8)23(25)9)21(7)20(6)19(5)16-26(10,11)12/h13-14,20-25H,1,3,5,15-16H2,2,4,6-12H3/b14-13-. The molecule has 0 aromatic carbocycles. The lowest BCUT2D eigenvalue weighted by Gasteiger charge is -2.33. The lowest BCUT2D eigenvalue weighted by molar-refractivity contribution is 0.215. The molecule has 6 atom stereocenters. The molecule has 1 fully saturated rings. The molecule has 1 aliphatic rings. The first-order valence-electron chi connectivity index (χ1n) is 10.7. The van der Waals surface area contributed by atoms with Crippen LogP contribution in [0, 0.1) is 35.0 Å². The molecule has 0 spiro atoms. The quantitative estimate of drug-likeness (QED) is 0.310. The summed E-state index contributed by atoms with van der Waals surface area (Å²) in [4.78, 5) is 2.39. The van der Waals surface area contributed by atoms with Crippen molar-refractivity contribution in [3.8, 4) is 0 Å². The molecule has 0 aromatic rings. The van der Waals surface area contributed by atoms with Crippen LogP contribution in [0.3, 0.4) is 0 Å². The molecule has 1 aliphatic carbocycles. The summed E-state index contributed by atoms with van der Waals surface area (Å²) in [5.41, 5.74) is 3.93. The minimum atomic E-state index is 0.312. The molecule has 27 heavy (non-hydrogen) atoms. The second kappa shape index (κ2) is 9.30. The van der Waals surface area contributed by atoms with Crippen molar-refractivity contribution in [2.75, 3.05) is 0 Å². The van der Waals surface area contributed by atoms with Crippen LogP contribution >= 0.6 is 0 Å². The summed E-state index contributed by atoms with van der Waals surface area (Å²) in [6, 6.07) is 0.517. The van der Waals surface area contributed by atoms with Crippen molar-refractivity contribution in [1.82, 2.24) is 4.90 Å². The van der Waals surface area contributed by atoms with Gasteiger partial charge in [0.15, 0.2) is 0 Å². The minimum Gasteiger partial charge on any atom is -0.349 e. The Bertz CT molecular complexity index is 574. The van der Waals surface area contributed by atoms with Crippen molar-refractivity contribution >= 4 is 0 Å². The number of hydrogen-bond donors (Lipinski definition) is 0. The summed E-state index contributed by atoms with van der Waals surface area (Å²) in [6.07, 6.45) is 6.63. The van der Waals surface area contributed by atoms with Crippen LogP contribution in [0.2, 0.25) is 0 Å². The Labute approximate surface area is 170 Å². The van der Waals surface area contributed by atoms with Crippen LogP contribution in [-0.2, 0) is 0 Å². The fraction of sp³-hybridized carbons (Fsp3) is 0.692. The fourth-order valence-electron chi connectivity index (χ4n) is 4.82. The van der Waals surface area contributed by atoms with Crippen LogP contribution in [0.25, 0.3) is 0 Å². The van der Waals surface area contributed by atoms with Crippen LogP contribution in [-0.4, -0.2) is 10.9 Å². The first-order valence-corrected chi connectivity index (χ1v) is 10.7. The first kappa shape index (κ1) is 23.8. The molecule has 1 heteroatoms. The smallest absolute Gasteiger partial charge is 0.0363 e. The van der Waals surface area contributed by atoms with E-state index in [4.69, 9.17) is 0 Å². The molecular formula is C26H45N. The predicted octanol–water partition coefficient (Wildman–Crippen LogP) is 7.84. The lowest BCUT2D eigenvalue weighted by atomic mass is 9.72. The third kappa shape index (κ3) is 6.40. The van der Waals surface area contributed by atoms with E-state index < -0.39 is 0 Å². The van der Waals surface area contributed by atoms with Crippen molar-refractivity contribution in [1.29, 1.82) is 0 Å². The average Bonchev–Trinajstić information content (AvgIpc) is 2.80. The SMILES string of the molecule is C=C(C)/C=C\N(C(=C)C)C1CC(C(C)C(C)C(=C)CC(C)(C)C)C(C)C1C. The van der Waals surface area contributed by atoms with Gasteiger partial charge in [-0.2, -0.15) is 0 Å². The second-order valence-electron chi connectivity index (χ2n) is 10.5. The number of rotatable bonds is 8. The Morgan fingerprint density at radius 3 is 2.07 bits per heavy atom. The van der Waals surface area contributed by atoms with Crippen LogP contribution < -0.4 is 0 Å². The maximum atomic E-state index is 4.46. The number of nitrogens with zero attached hydrogens (tertiary/aromatic N) is 1. The molecule has 1 rings (SSSR count). The summed E-state index contributed by atoms with van der Waals surface area (Å²) in [5, 5.41) is 0. The summed E-state index contributed by atoms with van der Waals surface area (Å²) >= 11 is 0. The topological polar surface area (TPSA) is 3.24 Å². The molecule has 0 heterocycles. The highest BCUT2D eigenvalue weighted by Gasteiger charge is 2.43. The van der Waals surface area contributed by atoms with Gasteiger partial charge in [-0.25, -0.2) is 0 Å². The van der Waals surface area contributed by atoms with Crippen molar-refractivity contribution in [3.05, 3.63) is 48.9 Å². The molecule has 154 valence electrons. The summed E-state index contributed by atoms with van der Waals surface area (Å²) in [7, 11) is 0. The normalized spacial score (nSPS) is 28.2. The Morgan fingerprint density at radius 2 is 1.63 bits per heavy atom. The van der Waals surface area contributed by atoms with E-state index in [0.717, 1.165) is 23.6 Å². The maximum absolute atomic E-state index is 4.46. The highest BCUT2D eigenvalue weighted by atomic mass is 15.2. The number of allylic oxidation sites excluding steroid dienone is 4. The average molecular weight is 372 g/mol. The highest BCUT2D eigenvalue weighted by molar-refractivity contribution is 5.15. The van der Waals surface area contributed by atoms with Crippen LogP contribution in [0.1, 0.15) is 75.2 Å². The molecular weight excluding hydrogens is 326 g/mol. The third-order valence-corrected chi connectivity index (χ3v) is 6.81.